The molecular formula is C20H18F4N4O. The van der Waals surface area contributed by atoms with Crippen LogP contribution in [-0.2, 0) is 12.1 Å². The van der Waals surface area contributed by atoms with E-state index in [2.05, 4.69) is 15.3 Å². The number of nitrogens with zero attached hydrogens (tertiary/aromatic N) is 3. The maximum absolute atomic E-state index is 14.3. The maximum atomic E-state index is 14.3. The molecule has 29 heavy (non-hydrogen) atoms. The maximum Gasteiger partial charge on any atom is 0.266 e. The van der Waals surface area contributed by atoms with E-state index in [4.69, 9.17) is 0 Å². The minimum Gasteiger partial charge on any atom is -0.365 e. The van der Waals surface area contributed by atoms with Gasteiger partial charge in [-0.05, 0) is 19.8 Å². The molecule has 152 valence electrons. The van der Waals surface area contributed by atoms with E-state index in [1.807, 2.05) is 0 Å². The molecule has 0 aliphatic heterocycles. The molecule has 1 aliphatic rings. The monoisotopic (exact) mass is 406 g/mol. The van der Waals surface area contributed by atoms with Gasteiger partial charge in [-0.1, -0.05) is 18.2 Å². The molecular weight excluding hydrogens is 388 g/mol. The summed E-state index contributed by atoms with van der Waals surface area (Å²) < 4.78 is 55.0. The highest BCUT2D eigenvalue weighted by Gasteiger charge is 2.45. The van der Waals surface area contributed by atoms with Crippen LogP contribution in [0.15, 0.2) is 35.3 Å². The first-order valence-electron chi connectivity index (χ1n) is 9.11. The lowest BCUT2D eigenvalue weighted by atomic mass is 10.1. The molecule has 1 aliphatic carbocycles. The van der Waals surface area contributed by atoms with E-state index in [-0.39, 0.29) is 17.7 Å². The predicted octanol–water partition coefficient (Wildman–Crippen LogP) is 4.25. The number of pyridine rings is 1. The van der Waals surface area contributed by atoms with Gasteiger partial charge in [-0.15, -0.1) is 0 Å². The van der Waals surface area contributed by atoms with Crippen molar-refractivity contribution >= 4 is 16.7 Å². The zero-order valence-electron chi connectivity index (χ0n) is 15.6. The topological polar surface area (TPSA) is 59.8 Å². The molecule has 9 heteroatoms. The molecule has 1 N–H and O–H groups in total. The fraction of sp³-hybridized carbons (Fsp3) is 0.350. The van der Waals surface area contributed by atoms with E-state index < -0.39 is 30.0 Å². The molecule has 2 heterocycles. The van der Waals surface area contributed by atoms with Gasteiger partial charge in [-0.2, -0.15) is 0 Å². The molecule has 0 atom stereocenters. The van der Waals surface area contributed by atoms with E-state index in [9.17, 15) is 22.4 Å². The van der Waals surface area contributed by atoms with Crippen LogP contribution in [0.4, 0.5) is 23.4 Å². The van der Waals surface area contributed by atoms with Crippen LogP contribution >= 0.6 is 0 Å². The van der Waals surface area contributed by atoms with Gasteiger partial charge >= 0.3 is 0 Å². The van der Waals surface area contributed by atoms with E-state index in [0.29, 0.717) is 35.4 Å². The van der Waals surface area contributed by atoms with E-state index in [0.717, 1.165) is 6.07 Å². The van der Waals surface area contributed by atoms with Crippen LogP contribution in [0.1, 0.15) is 36.2 Å². The smallest absolute Gasteiger partial charge is 0.266 e. The van der Waals surface area contributed by atoms with E-state index in [1.165, 1.54) is 29.0 Å². The van der Waals surface area contributed by atoms with Gasteiger partial charge < -0.3 is 9.88 Å². The summed E-state index contributed by atoms with van der Waals surface area (Å²) in [4.78, 5) is 21.0. The lowest BCUT2D eigenvalue weighted by Crippen LogP contribution is -2.31. The first kappa shape index (κ1) is 19.4. The van der Waals surface area contributed by atoms with Crippen molar-refractivity contribution in [2.45, 2.75) is 38.3 Å². The summed E-state index contributed by atoms with van der Waals surface area (Å²) in [6.07, 6.45) is -0.272. The number of aryl methyl sites for hydroxylation is 1. The second kappa shape index (κ2) is 7.13. The molecule has 0 bridgehead atoms. The highest BCUT2D eigenvalue weighted by atomic mass is 19.3. The molecule has 0 saturated heterocycles. The molecule has 4 rings (SSSR count). The third kappa shape index (κ3) is 3.45. The summed E-state index contributed by atoms with van der Waals surface area (Å²) in [7, 11) is 0. The van der Waals surface area contributed by atoms with Crippen LogP contribution in [0.2, 0.25) is 0 Å². The summed E-state index contributed by atoms with van der Waals surface area (Å²) in [5, 5.41) is 3.42. The Morgan fingerprint density at radius 2 is 2.03 bits per heavy atom. The Labute approximate surface area is 163 Å². The van der Waals surface area contributed by atoms with Crippen LogP contribution in [-0.4, -0.2) is 21.2 Å². The second-order valence-corrected chi connectivity index (χ2v) is 7.23. The zero-order chi connectivity index (χ0) is 20.8. The molecule has 0 radical (unpaired) electrons. The van der Waals surface area contributed by atoms with Crippen LogP contribution in [0.25, 0.3) is 10.9 Å². The van der Waals surface area contributed by atoms with Crippen molar-refractivity contribution in [3.05, 3.63) is 63.6 Å². The second-order valence-electron chi connectivity index (χ2n) is 7.23. The van der Waals surface area contributed by atoms with Crippen molar-refractivity contribution in [2.24, 2.45) is 0 Å². The molecule has 1 fully saturated rings. The van der Waals surface area contributed by atoms with Gasteiger partial charge in [-0.3, -0.25) is 4.79 Å². The van der Waals surface area contributed by atoms with Gasteiger partial charge in [-0.25, -0.2) is 27.5 Å². The molecule has 0 amide bonds. The van der Waals surface area contributed by atoms with E-state index in [1.54, 1.807) is 6.92 Å². The number of aromatic nitrogens is 3. The van der Waals surface area contributed by atoms with Gasteiger partial charge in [0.05, 0.1) is 22.0 Å². The minimum absolute atomic E-state index is 0.0583. The van der Waals surface area contributed by atoms with Crippen LogP contribution in [0.5, 0.6) is 0 Å². The summed E-state index contributed by atoms with van der Waals surface area (Å²) >= 11 is 0. The highest BCUT2D eigenvalue weighted by molar-refractivity contribution is 5.88. The SMILES string of the molecule is Cc1nc(NCc2cccc(C(F)F)c2F)c2cn(C3(CF)CC3)c(=O)cc2n1. The Balaban J connectivity index is 1.73. The van der Waals surface area contributed by atoms with Crippen molar-refractivity contribution in [1.82, 2.24) is 14.5 Å². The Morgan fingerprint density at radius 1 is 1.28 bits per heavy atom. The summed E-state index contributed by atoms with van der Waals surface area (Å²) in [6, 6.07) is 5.13. The quantitative estimate of drug-likeness (QED) is 0.622. The number of benzene rings is 1. The Hall–Kier alpha value is -2.97. The van der Waals surface area contributed by atoms with Crippen molar-refractivity contribution in [1.29, 1.82) is 0 Å². The number of nitrogens with one attached hydrogen (secondary N) is 1. The van der Waals surface area contributed by atoms with Crippen LogP contribution in [0.3, 0.4) is 0 Å². The van der Waals surface area contributed by atoms with Gasteiger partial charge in [0, 0.05) is 24.4 Å². The number of hydrogen-bond acceptors (Lipinski definition) is 4. The number of alkyl halides is 3. The molecule has 0 spiro atoms. The van der Waals surface area contributed by atoms with Crippen molar-refractivity contribution in [3.8, 4) is 0 Å². The van der Waals surface area contributed by atoms with Gasteiger partial charge in [0.2, 0.25) is 0 Å². The third-order valence-corrected chi connectivity index (χ3v) is 5.22. The number of hydrogen-bond donors (Lipinski definition) is 1. The number of fused-ring (bicyclic) bond motifs is 1. The Morgan fingerprint density at radius 3 is 2.69 bits per heavy atom. The van der Waals surface area contributed by atoms with E-state index >= 15 is 0 Å². The molecule has 3 aromatic rings. The molecule has 2 aromatic heterocycles. The molecule has 0 unspecified atom stereocenters. The average molecular weight is 406 g/mol. The highest BCUT2D eigenvalue weighted by Crippen LogP contribution is 2.43. The Kier molecular flexibility index (Phi) is 4.76. The fourth-order valence-electron chi connectivity index (χ4n) is 3.39. The van der Waals surface area contributed by atoms with Crippen molar-refractivity contribution < 1.29 is 17.6 Å². The fourth-order valence-corrected chi connectivity index (χ4v) is 3.39. The first-order chi connectivity index (χ1) is 13.8. The normalized spacial score (nSPS) is 15.1. The first-order valence-corrected chi connectivity index (χ1v) is 9.11. The summed E-state index contributed by atoms with van der Waals surface area (Å²) in [5.41, 5.74) is -1.42. The van der Waals surface area contributed by atoms with Crippen molar-refractivity contribution in [3.63, 3.8) is 0 Å². The minimum atomic E-state index is -2.91. The standard InChI is InChI=1S/C20H18F4N4O/c1-11-26-15-7-16(29)28(20(10-21)5-6-20)9-14(15)19(27-11)25-8-12-3-2-4-13(17(12)22)18(23)24/h2-4,7,9,18H,5-6,8,10H2,1H3,(H,25,26,27). The molecule has 1 saturated carbocycles. The van der Waals surface area contributed by atoms with Crippen LogP contribution < -0.4 is 10.9 Å². The molecule has 1 aromatic carbocycles. The number of rotatable bonds is 6. The number of halogens is 4. The summed E-state index contributed by atoms with van der Waals surface area (Å²) in [6.45, 7) is 0.892. The Bertz CT molecular complexity index is 1140. The zero-order valence-corrected chi connectivity index (χ0v) is 15.6. The predicted molar refractivity (Wildman–Crippen MR) is 100 cm³/mol. The third-order valence-electron chi connectivity index (χ3n) is 5.22. The molecule has 5 nitrogen and oxygen atoms in total. The van der Waals surface area contributed by atoms with Gasteiger partial charge in [0.1, 0.15) is 24.1 Å². The average Bonchev–Trinajstić information content (AvgIpc) is 3.47. The lowest BCUT2D eigenvalue weighted by Gasteiger charge is -2.17. The van der Waals surface area contributed by atoms with Crippen molar-refractivity contribution in [2.75, 3.05) is 12.0 Å². The van der Waals surface area contributed by atoms with Gasteiger partial charge in [0.15, 0.2) is 0 Å². The van der Waals surface area contributed by atoms with Crippen LogP contribution in [0, 0.1) is 12.7 Å². The number of anilines is 1. The summed E-state index contributed by atoms with van der Waals surface area (Å²) in [5.74, 6) is -0.278. The lowest BCUT2D eigenvalue weighted by molar-refractivity contribution is 0.146. The van der Waals surface area contributed by atoms with Gasteiger partial charge in [0.25, 0.3) is 12.0 Å². The largest absolute Gasteiger partial charge is 0.365 e.